The third-order valence-electron chi connectivity index (χ3n) is 4.36. The van der Waals surface area contributed by atoms with Crippen molar-refractivity contribution in [2.75, 3.05) is 26.2 Å². The fourth-order valence-electron chi connectivity index (χ4n) is 3.07. The van der Waals surface area contributed by atoms with Crippen molar-refractivity contribution in [1.29, 1.82) is 0 Å². The zero-order valence-corrected chi connectivity index (χ0v) is 12.5. The van der Waals surface area contributed by atoms with Gasteiger partial charge in [0, 0.05) is 25.7 Å². The van der Waals surface area contributed by atoms with Crippen molar-refractivity contribution in [1.82, 2.24) is 10.2 Å². The summed E-state index contributed by atoms with van der Waals surface area (Å²) in [6, 6.07) is 0.520. The van der Waals surface area contributed by atoms with E-state index in [1.54, 1.807) is 0 Å². The number of nitrogens with two attached hydrogens (primary N) is 1. The third kappa shape index (κ3) is 4.94. The van der Waals surface area contributed by atoms with Gasteiger partial charge in [-0.3, -0.25) is 0 Å². The average molecular weight is 283 g/mol. The molecule has 1 saturated heterocycles. The van der Waals surface area contributed by atoms with E-state index in [9.17, 15) is 4.79 Å². The fraction of sp³-hybridized carbons (Fsp3) is 0.933. The molecular weight excluding hydrogens is 254 g/mol. The van der Waals surface area contributed by atoms with Crippen molar-refractivity contribution in [2.24, 2.45) is 5.73 Å². The SMILES string of the molecule is NCCCOC1CCN(C(=O)NC2CCCCC2)CC1. The molecule has 0 radical (unpaired) electrons. The molecule has 0 unspecified atom stereocenters. The number of likely N-dealkylation sites (tertiary alicyclic amines) is 1. The van der Waals surface area contributed by atoms with Crippen LogP contribution in [0.2, 0.25) is 0 Å². The predicted molar refractivity (Wildman–Crippen MR) is 79.6 cm³/mol. The summed E-state index contributed by atoms with van der Waals surface area (Å²) in [5.74, 6) is 0. The number of ether oxygens (including phenoxy) is 1. The summed E-state index contributed by atoms with van der Waals surface area (Å²) in [6.45, 7) is 3.05. The van der Waals surface area contributed by atoms with Crippen LogP contribution in [-0.4, -0.2) is 49.3 Å². The Morgan fingerprint density at radius 3 is 2.50 bits per heavy atom. The lowest BCUT2D eigenvalue weighted by Crippen LogP contribution is -2.49. The topological polar surface area (TPSA) is 67.6 Å². The maximum atomic E-state index is 12.2. The number of piperidine rings is 1. The Morgan fingerprint density at radius 2 is 1.85 bits per heavy atom. The molecule has 5 heteroatoms. The van der Waals surface area contributed by atoms with E-state index in [2.05, 4.69) is 5.32 Å². The van der Waals surface area contributed by atoms with Gasteiger partial charge in [-0.2, -0.15) is 0 Å². The molecule has 116 valence electrons. The van der Waals surface area contributed by atoms with Crippen molar-refractivity contribution in [3.05, 3.63) is 0 Å². The van der Waals surface area contributed by atoms with Crippen molar-refractivity contribution in [2.45, 2.75) is 63.5 Å². The van der Waals surface area contributed by atoms with E-state index in [1.807, 2.05) is 4.90 Å². The van der Waals surface area contributed by atoms with Crippen LogP contribution in [-0.2, 0) is 4.74 Å². The Labute approximate surface area is 122 Å². The molecule has 5 nitrogen and oxygen atoms in total. The molecule has 0 bridgehead atoms. The molecule has 1 aliphatic heterocycles. The Hall–Kier alpha value is -0.810. The largest absolute Gasteiger partial charge is 0.378 e. The van der Waals surface area contributed by atoms with Gasteiger partial charge in [-0.05, 0) is 38.6 Å². The molecule has 1 heterocycles. The van der Waals surface area contributed by atoms with E-state index >= 15 is 0 Å². The Balaban J connectivity index is 1.63. The van der Waals surface area contributed by atoms with Gasteiger partial charge < -0.3 is 20.7 Å². The van der Waals surface area contributed by atoms with Crippen LogP contribution < -0.4 is 11.1 Å². The van der Waals surface area contributed by atoms with Crippen molar-refractivity contribution >= 4 is 6.03 Å². The second-order valence-electron chi connectivity index (χ2n) is 5.98. The Kier molecular flexibility index (Phi) is 6.60. The first-order valence-electron chi connectivity index (χ1n) is 8.16. The number of nitrogens with one attached hydrogen (secondary N) is 1. The third-order valence-corrected chi connectivity index (χ3v) is 4.36. The van der Waals surface area contributed by atoms with Gasteiger partial charge in [0.15, 0.2) is 0 Å². The number of hydrogen-bond donors (Lipinski definition) is 2. The van der Waals surface area contributed by atoms with Crippen molar-refractivity contribution in [3.8, 4) is 0 Å². The monoisotopic (exact) mass is 283 g/mol. The number of carbonyl (C=O) groups is 1. The van der Waals surface area contributed by atoms with Gasteiger partial charge in [0.25, 0.3) is 0 Å². The van der Waals surface area contributed by atoms with E-state index in [4.69, 9.17) is 10.5 Å². The first-order valence-corrected chi connectivity index (χ1v) is 8.16. The first kappa shape index (κ1) is 15.6. The van der Waals surface area contributed by atoms with Gasteiger partial charge in [0.1, 0.15) is 0 Å². The second-order valence-corrected chi connectivity index (χ2v) is 5.98. The molecule has 2 rings (SSSR count). The summed E-state index contributed by atoms with van der Waals surface area (Å²) in [7, 11) is 0. The number of urea groups is 1. The van der Waals surface area contributed by atoms with E-state index in [0.29, 0.717) is 18.7 Å². The van der Waals surface area contributed by atoms with Gasteiger partial charge >= 0.3 is 6.03 Å². The number of nitrogens with zero attached hydrogens (tertiary/aromatic N) is 1. The number of rotatable bonds is 5. The number of carbonyl (C=O) groups excluding carboxylic acids is 1. The summed E-state index contributed by atoms with van der Waals surface area (Å²) < 4.78 is 5.76. The molecule has 0 atom stereocenters. The van der Waals surface area contributed by atoms with Gasteiger partial charge in [-0.25, -0.2) is 4.79 Å². The highest BCUT2D eigenvalue weighted by Crippen LogP contribution is 2.19. The Bertz CT molecular complexity index is 285. The van der Waals surface area contributed by atoms with Crippen molar-refractivity contribution in [3.63, 3.8) is 0 Å². The molecule has 3 N–H and O–H groups in total. The lowest BCUT2D eigenvalue weighted by Gasteiger charge is -2.33. The summed E-state index contributed by atoms with van der Waals surface area (Å²) in [6.07, 6.45) is 9.23. The minimum Gasteiger partial charge on any atom is -0.378 e. The van der Waals surface area contributed by atoms with Crippen LogP contribution in [0.5, 0.6) is 0 Å². The predicted octanol–water partition coefficient (Wildman–Crippen LogP) is 1.86. The highest BCUT2D eigenvalue weighted by molar-refractivity contribution is 5.74. The summed E-state index contributed by atoms with van der Waals surface area (Å²) in [4.78, 5) is 14.1. The smallest absolute Gasteiger partial charge is 0.317 e. The van der Waals surface area contributed by atoms with E-state index < -0.39 is 0 Å². The van der Waals surface area contributed by atoms with E-state index in [-0.39, 0.29) is 6.03 Å². The van der Waals surface area contributed by atoms with Gasteiger partial charge in [-0.15, -0.1) is 0 Å². The summed E-state index contributed by atoms with van der Waals surface area (Å²) in [5.41, 5.74) is 5.45. The highest BCUT2D eigenvalue weighted by Gasteiger charge is 2.25. The normalized spacial score (nSPS) is 21.9. The molecular formula is C15H29N3O2. The van der Waals surface area contributed by atoms with Crippen LogP contribution >= 0.6 is 0 Å². The minimum atomic E-state index is 0.123. The van der Waals surface area contributed by atoms with Crippen LogP contribution in [0.15, 0.2) is 0 Å². The molecule has 2 fully saturated rings. The zero-order chi connectivity index (χ0) is 14.2. The minimum absolute atomic E-state index is 0.123. The molecule has 0 aromatic rings. The average Bonchev–Trinajstić information content (AvgIpc) is 2.49. The molecule has 2 amide bonds. The highest BCUT2D eigenvalue weighted by atomic mass is 16.5. The van der Waals surface area contributed by atoms with Crippen LogP contribution in [0.4, 0.5) is 4.79 Å². The van der Waals surface area contributed by atoms with Crippen LogP contribution in [0.1, 0.15) is 51.4 Å². The second kappa shape index (κ2) is 8.47. The number of hydrogen-bond acceptors (Lipinski definition) is 3. The van der Waals surface area contributed by atoms with Gasteiger partial charge in [-0.1, -0.05) is 19.3 Å². The molecule has 1 saturated carbocycles. The van der Waals surface area contributed by atoms with Gasteiger partial charge in [0.05, 0.1) is 6.10 Å². The molecule has 1 aliphatic carbocycles. The van der Waals surface area contributed by atoms with Crippen LogP contribution in [0.25, 0.3) is 0 Å². The van der Waals surface area contributed by atoms with E-state index in [1.165, 1.54) is 19.3 Å². The number of amides is 2. The van der Waals surface area contributed by atoms with Gasteiger partial charge in [0.2, 0.25) is 0 Å². The van der Waals surface area contributed by atoms with E-state index in [0.717, 1.165) is 51.8 Å². The standard InChI is InChI=1S/C15H29N3O2/c16-9-4-12-20-14-7-10-18(11-8-14)15(19)17-13-5-2-1-3-6-13/h13-14H,1-12,16H2,(H,17,19). The fourth-order valence-corrected chi connectivity index (χ4v) is 3.07. The molecule has 0 spiro atoms. The quantitative estimate of drug-likeness (QED) is 0.757. The Morgan fingerprint density at radius 1 is 1.15 bits per heavy atom. The maximum absolute atomic E-state index is 12.2. The molecule has 0 aromatic carbocycles. The lowest BCUT2D eigenvalue weighted by molar-refractivity contribution is 0.0143. The maximum Gasteiger partial charge on any atom is 0.317 e. The van der Waals surface area contributed by atoms with Crippen molar-refractivity contribution < 1.29 is 9.53 Å². The zero-order valence-electron chi connectivity index (χ0n) is 12.5. The first-order chi connectivity index (χ1) is 9.79. The molecule has 2 aliphatic rings. The molecule has 20 heavy (non-hydrogen) atoms. The van der Waals surface area contributed by atoms with Crippen LogP contribution in [0, 0.1) is 0 Å². The summed E-state index contributed by atoms with van der Waals surface area (Å²) >= 11 is 0. The van der Waals surface area contributed by atoms with Crippen LogP contribution in [0.3, 0.4) is 0 Å². The summed E-state index contributed by atoms with van der Waals surface area (Å²) in [5, 5.41) is 3.19. The lowest BCUT2D eigenvalue weighted by atomic mass is 9.96. The molecule has 0 aromatic heterocycles.